The highest BCUT2D eigenvalue weighted by atomic mass is 79.9. The standard InChI is InChI=1S/C16H10BrN3OS/c1-20-9-10(17)6-7-13(20)12(8-18)16-19-15(21)11-4-2-3-5-14(11)22-16/h2-7,9H,1H3. The molecule has 0 spiro atoms. The summed E-state index contributed by atoms with van der Waals surface area (Å²) in [6, 6.07) is 9.46. The molecule has 0 radical (unpaired) electrons. The van der Waals surface area contributed by atoms with Gasteiger partial charge in [0, 0.05) is 22.4 Å². The number of allylic oxidation sites excluding steroid dienone is 4. The SMILES string of the molecule is CN1C=C(Br)C=CC1=C(C#N)c1nc(=O)c2ccccc2s1. The summed E-state index contributed by atoms with van der Waals surface area (Å²) in [4.78, 5) is 18.1. The Hall–Kier alpha value is -2.23. The van der Waals surface area contributed by atoms with Crippen molar-refractivity contribution >= 4 is 42.9 Å². The quantitative estimate of drug-likeness (QED) is 0.718. The fourth-order valence-corrected chi connectivity index (χ4v) is 3.61. The molecule has 0 amide bonds. The van der Waals surface area contributed by atoms with Gasteiger partial charge in [0.1, 0.15) is 16.6 Å². The third-order valence-corrected chi connectivity index (χ3v) is 4.74. The first-order valence-electron chi connectivity index (χ1n) is 6.43. The van der Waals surface area contributed by atoms with Crippen LogP contribution in [-0.4, -0.2) is 16.9 Å². The summed E-state index contributed by atoms with van der Waals surface area (Å²) in [6.07, 6.45) is 5.55. The number of fused-ring (bicyclic) bond motifs is 1. The van der Waals surface area contributed by atoms with E-state index in [1.165, 1.54) is 11.3 Å². The van der Waals surface area contributed by atoms with Gasteiger partial charge in [-0.05, 0) is 40.2 Å². The third-order valence-electron chi connectivity index (χ3n) is 3.21. The lowest BCUT2D eigenvalue weighted by Gasteiger charge is -2.20. The highest BCUT2D eigenvalue weighted by Gasteiger charge is 2.16. The molecule has 1 aromatic heterocycles. The Labute approximate surface area is 139 Å². The van der Waals surface area contributed by atoms with Crippen LogP contribution in [0.4, 0.5) is 0 Å². The van der Waals surface area contributed by atoms with Crippen LogP contribution in [0.5, 0.6) is 0 Å². The lowest BCUT2D eigenvalue weighted by molar-refractivity contribution is 0.586. The minimum atomic E-state index is -0.308. The molecule has 6 heteroatoms. The molecule has 108 valence electrons. The van der Waals surface area contributed by atoms with Crippen LogP contribution >= 0.6 is 27.3 Å². The van der Waals surface area contributed by atoms with E-state index in [-0.39, 0.29) is 5.56 Å². The zero-order valence-electron chi connectivity index (χ0n) is 11.6. The van der Waals surface area contributed by atoms with Crippen molar-refractivity contribution in [1.82, 2.24) is 9.88 Å². The number of nitriles is 1. The van der Waals surface area contributed by atoms with Crippen LogP contribution in [0.3, 0.4) is 0 Å². The van der Waals surface area contributed by atoms with Crippen molar-refractivity contribution in [2.45, 2.75) is 0 Å². The zero-order chi connectivity index (χ0) is 15.7. The Balaban J connectivity index is 2.23. The summed E-state index contributed by atoms with van der Waals surface area (Å²) in [5, 5.41) is 10.6. The Morgan fingerprint density at radius 3 is 2.86 bits per heavy atom. The number of aromatic nitrogens is 1. The Kier molecular flexibility index (Phi) is 3.92. The number of hydrogen-bond acceptors (Lipinski definition) is 5. The molecule has 22 heavy (non-hydrogen) atoms. The molecule has 0 saturated heterocycles. The normalized spacial score (nSPS) is 16.4. The molecule has 0 fully saturated rings. The van der Waals surface area contributed by atoms with Crippen molar-refractivity contribution in [2.24, 2.45) is 0 Å². The minimum Gasteiger partial charge on any atom is -0.349 e. The molecular weight excluding hydrogens is 362 g/mol. The predicted molar refractivity (Wildman–Crippen MR) is 92.3 cm³/mol. The van der Waals surface area contributed by atoms with E-state index in [4.69, 9.17) is 0 Å². The van der Waals surface area contributed by atoms with Crippen LogP contribution in [0, 0.1) is 11.3 Å². The van der Waals surface area contributed by atoms with Crippen molar-refractivity contribution in [1.29, 1.82) is 5.26 Å². The van der Waals surface area contributed by atoms with Gasteiger partial charge in [-0.3, -0.25) is 4.79 Å². The summed E-state index contributed by atoms with van der Waals surface area (Å²) >= 11 is 4.74. The van der Waals surface area contributed by atoms with Gasteiger partial charge in [0.05, 0.1) is 11.1 Å². The molecule has 0 saturated carbocycles. The molecule has 1 aliphatic heterocycles. The monoisotopic (exact) mass is 371 g/mol. The zero-order valence-corrected chi connectivity index (χ0v) is 14.0. The van der Waals surface area contributed by atoms with Gasteiger partial charge >= 0.3 is 0 Å². The molecule has 0 bridgehead atoms. The Bertz CT molecular complexity index is 950. The highest BCUT2D eigenvalue weighted by Crippen LogP contribution is 2.29. The number of nitrogens with zero attached hydrogens (tertiary/aromatic N) is 3. The van der Waals surface area contributed by atoms with Gasteiger partial charge in [-0.25, -0.2) is 0 Å². The number of benzene rings is 1. The number of halogens is 1. The fraction of sp³-hybridized carbons (Fsp3) is 0.0625. The third kappa shape index (κ3) is 2.61. The summed E-state index contributed by atoms with van der Waals surface area (Å²) in [7, 11) is 1.85. The number of rotatable bonds is 1. The van der Waals surface area contributed by atoms with Gasteiger partial charge in [-0.15, -0.1) is 11.3 Å². The van der Waals surface area contributed by atoms with Gasteiger partial charge in [0.2, 0.25) is 0 Å². The van der Waals surface area contributed by atoms with Crippen LogP contribution in [0.1, 0.15) is 5.01 Å². The molecule has 0 aliphatic carbocycles. The highest BCUT2D eigenvalue weighted by molar-refractivity contribution is 9.11. The van der Waals surface area contributed by atoms with Crippen LogP contribution in [0.15, 0.2) is 57.6 Å². The first kappa shape index (κ1) is 14.7. The summed E-state index contributed by atoms with van der Waals surface area (Å²) in [5.41, 5.74) is 0.795. The maximum Gasteiger partial charge on any atom is 0.279 e. The van der Waals surface area contributed by atoms with Crippen molar-refractivity contribution in [3.63, 3.8) is 0 Å². The van der Waals surface area contributed by atoms with Crippen LogP contribution in [0.25, 0.3) is 15.7 Å². The van der Waals surface area contributed by atoms with E-state index in [9.17, 15) is 10.1 Å². The molecule has 2 aromatic rings. The first-order chi connectivity index (χ1) is 10.6. The fourth-order valence-electron chi connectivity index (χ4n) is 2.17. The van der Waals surface area contributed by atoms with Gasteiger partial charge in [-0.1, -0.05) is 12.1 Å². The summed E-state index contributed by atoms with van der Waals surface area (Å²) in [6.45, 7) is 0. The molecule has 0 atom stereocenters. The molecule has 3 rings (SSSR count). The van der Waals surface area contributed by atoms with Gasteiger partial charge in [0.15, 0.2) is 0 Å². The van der Waals surface area contributed by atoms with E-state index < -0.39 is 0 Å². The summed E-state index contributed by atoms with van der Waals surface area (Å²) in [5.74, 6) is 0. The smallest absolute Gasteiger partial charge is 0.279 e. The van der Waals surface area contributed by atoms with Crippen LogP contribution in [0.2, 0.25) is 0 Å². The number of hydrogen-bond donors (Lipinski definition) is 0. The second-order valence-electron chi connectivity index (χ2n) is 4.65. The first-order valence-corrected chi connectivity index (χ1v) is 8.04. The molecule has 1 aromatic carbocycles. The Morgan fingerprint density at radius 1 is 1.36 bits per heavy atom. The van der Waals surface area contributed by atoms with Crippen LogP contribution < -0.4 is 5.56 Å². The number of likely N-dealkylation sites (N-methyl/N-ethyl adjacent to an activating group) is 1. The predicted octanol–water partition coefficient (Wildman–Crippen LogP) is 3.63. The van der Waals surface area contributed by atoms with Crippen molar-refractivity contribution < 1.29 is 0 Å². The van der Waals surface area contributed by atoms with Crippen molar-refractivity contribution in [3.8, 4) is 6.07 Å². The Morgan fingerprint density at radius 2 is 2.14 bits per heavy atom. The lowest BCUT2D eigenvalue weighted by atomic mass is 10.1. The van der Waals surface area contributed by atoms with E-state index >= 15 is 0 Å². The van der Waals surface area contributed by atoms with Gasteiger partial charge in [0.25, 0.3) is 5.56 Å². The maximum absolute atomic E-state index is 12.1. The molecule has 1 aliphatic rings. The second kappa shape index (κ2) is 5.87. The van der Waals surface area contributed by atoms with Gasteiger partial charge < -0.3 is 4.90 Å². The van der Waals surface area contributed by atoms with E-state index in [1.807, 2.05) is 42.4 Å². The molecule has 0 unspecified atom stereocenters. The molecule has 2 heterocycles. The van der Waals surface area contributed by atoms with Gasteiger partial charge in [-0.2, -0.15) is 10.2 Å². The second-order valence-corrected chi connectivity index (χ2v) is 6.60. The maximum atomic E-state index is 12.1. The minimum absolute atomic E-state index is 0.308. The van der Waals surface area contributed by atoms with E-state index in [0.29, 0.717) is 21.7 Å². The van der Waals surface area contributed by atoms with E-state index in [1.54, 1.807) is 12.1 Å². The summed E-state index contributed by atoms with van der Waals surface area (Å²) < 4.78 is 1.74. The largest absolute Gasteiger partial charge is 0.349 e. The van der Waals surface area contributed by atoms with Crippen LogP contribution in [-0.2, 0) is 0 Å². The average molecular weight is 372 g/mol. The van der Waals surface area contributed by atoms with Crippen molar-refractivity contribution in [2.75, 3.05) is 7.05 Å². The van der Waals surface area contributed by atoms with Crippen molar-refractivity contribution in [3.05, 3.63) is 68.2 Å². The molecule has 4 nitrogen and oxygen atoms in total. The van der Waals surface area contributed by atoms with E-state index in [0.717, 1.165) is 9.18 Å². The lowest BCUT2D eigenvalue weighted by Crippen LogP contribution is -2.15. The van der Waals surface area contributed by atoms with E-state index in [2.05, 4.69) is 27.0 Å². The molecular formula is C16H10BrN3OS. The topological polar surface area (TPSA) is 57.0 Å². The molecule has 0 N–H and O–H groups in total. The average Bonchev–Trinajstić information content (AvgIpc) is 2.50.